The molecule has 0 atom stereocenters. The van der Waals surface area contributed by atoms with Crippen molar-refractivity contribution in [2.45, 2.75) is 6.92 Å². The largest absolute Gasteiger partial charge is 0.405 e. The Kier molecular flexibility index (Phi) is 3.51. The zero-order valence-corrected chi connectivity index (χ0v) is 11.6. The number of hydrogen-bond donors (Lipinski definition) is 0. The second-order valence-corrected chi connectivity index (χ2v) is 4.59. The number of para-hydroxylation sites is 1. The standard InChI is InChI=1S/C17H14N2O2/c1-13(20)21-17-16(14-8-4-2-5-9-14)12-19(18-17)15-10-6-3-7-11-15/h2-12H,1H3. The van der Waals surface area contributed by atoms with Gasteiger partial charge in [0.05, 0.1) is 11.3 Å². The van der Waals surface area contributed by atoms with E-state index in [2.05, 4.69) is 5.10 Å². The number of nitrogens with zero attached hydrogens (tertiary/aromatic N) is 2. The molecule has 21 heavy (non-hydrogen) atoms. The van der Waals surface area contributed by atoms with Gasteiger partial charge >= 0.3 is 5.97 Å². The van der Waals surface area contributed by atoms with Crippen molar-refractivity contribution in [3.8, 4) is 22.7 Å². The SMILES string of the molecule is CC(=O)Oc1nn(-c2ccccc2)cc1-c1ccccc1. The first-order valence-corrected chi connectivity index (χ1v) is 6.63. The molecule has 0 aliphatic carbocycles. The Morgan fingerprint density at radius 2 is 1.62 bits per heavy atom. The smallest absolute Gasteiger partial charge is 0.309 e. The maximum atomic E-state index is 11.3. The first-order valence-electron chi connectivity index (χ1n) is 6.63. The van der Waals surface area contributed by atoms with Crippen molar-refractivity contribution in [3.63, 3.8) is 0 Å². The highest BCUT2D eigenvalue weighted by molar-refractivity contribution is 5.75. The normalized spacial score (nSPS) is 10.3. The second kappa shape index (κ2) is 5.63. The third kappa shape index (κ3) is 2.84. The van der Waals surface area contributed by atoms with Crippen molar-refractivity contribution >= 4 is 5.97 Å². The maximum absolute atomic E-state index is 11.3. The van der Waals surface area contributed by atoms with Gasteiger partial charge < -0.3 is 4.74 Å². The molecule has 3 aromatic rings. The first kappa shape index (κ1) is 13.1. The van der Waals surface area contributed by atoms with Gasteiger partial charge in [-0.05, 0) is 17.7 Å². The number of benzene rings is 2. The molecular formula is C17H14N2O2. The Hall–Kier alpha value is -2.88. The lowest BCUT2D eigenvalue weighted by Gasteiger charge is -2.00. The maximum Gasteiger partial charge on any atom is 0.309 e. The highest BCUT2D eigenvalue weighted by atomic mass is 16.5. The Balaban J connectivity index is 2.10. The molecule has 0 saturated carbocycles. The number of carbonyl (C=O) groups is 1. The Bertz CT molecular complexity index is 749. The average molecular weight is 278 g/mol. The van der Waals surface area contributed by atoms with Crippen molar-refractivity contribution < 1.29 is 9.53 Å². The van der Waals surface area contributed by atoms with E-state index in [9.17, 15) is 4.79 Å². The summed E-state index contributed by atoms with van der Waals surface area (Å²) < 4.78 is 6.94. The topological polar surface area (TPSA) is 44.1 Å². The van der Waals surface area contributed by atoms with E-state index in [0.29, 0.717) is 5.88 Å². The molecule has 1 heterocycles. The van der Waals surface area contributed by atoms with Gasteiger partial charge in [0.2, 0.25) is 5.88 Å². The van der Waals surface area contributed by atoms with E-state index in [1.54, 1.807) is 4.68 Å². The molecule has 0 radical (unpaired) electrons. The molecule has 0 bridgehead atoms. The molecule has 4 nitrogen and oxygen atoms in total. The predicted molar refractivity (Wildman–Crippen MR) is 80.3 cm³/mol. The van der Waals surface area contributed by atoms with Crippen LogP contribution in [0.2, 0.25) is 0 Å². The van der Waals surface area contributed by atoms with Crippen LogP contribution in [0.15, 0.2) is 66.9 Å². The molecule has 2 aromatic carbocycles. The molecule has 0 saturated heterocycles. The predicted octanol–water partition coefficient (Wildman–Crippen LogP) is 3.46. The summed E-state index contributed by atoms with van der Waals surface area (Å²) in [6.45, 7) is 1.37. The number of carbonyl (C=O) groups excluding carboxylic acids is 1. The van der Waals surface area contributed by atoms with Crippen LogP contribution >= 0.6 is 0 Å². The molecule has 1 aromatic heterocycles. The number of rotatable bonds is 3. The summed E-state index contributed by atoms with van der Waals surface area (Å²) in [7, 11) is 0. The third-order valence-electron chi connectivity index (χ3n) is 3.03. The minimum atomic E-state index is -0.384. The van der Waals surface area contributed by atoms with E-state index in [1.807, 2.05) is 66.9 Å². The van der Waals surface area contributed by atoms with Crippen molar-refractivity contribution in [2.75, 3.05) is 0 Å². The highest BCUT2D eigenvalue weighted by Crippen LogP contribution is 2.29. The van der Waals surface area contributed by atoms with Crippen LogP contribution in [0, 0.1) is 0 Å². The van der Waals surface area contributed by atoms with Crippen LogP contribution in [0.5, 0.6) is 5.88 Å². The highest BCUT2D eigenvalue weighted by Gasteiger charge is 2.14. The first-order chi connectivity index (χ1) is 10.2. The molecular weight excluding hydrogens is 264 g/mol. The lowest BCUT2D eigenvalue weighted by molar-refractivity contribution is -0.132. The van der Waals surface area contributed by atoms with Gasteiger partial charge in [-0.25, -0.2) is 4.68 Å². The van der Waals surface area contributed by atoms with Crippen LogP contribution in [-0.2, 0) is 4.79 Å². The zero-order valence-electron chi connectivity index (χ0n) is 11.6. The summed E-state index contributed by atoms with van der Waals surface area (Å²) in [5, 5.41) is 4.37. The van der Waals surface area contributed by atoms with Gasteiger partial charge in [0.25, 0.3) is 0 Å². The summed E-state index contributed by atoms with van der Waals surface area (Å²) in [5.74, 6) is -0.0666. The molecule has 0 aliphatic rings. The molecule has 0 aliphatic heterocycles. The lowest BCUT2D eigenvalue weighted by atomic mass is 10.1. The fraction of sp³-hybridized carbons (Fsp3) is 0.0588. The lowest BCUT2D eigenvalue weighted by Crippen LogP contribution is -2.03. The molecule has 4 heteroatoms. The van der Waals surface area contributed by atoms with E-state index >= 15 is 0 Å². The van der Waals surface area contributed by atoms with Crippen LogP contribution in [0.3, 0.4) is 0 Å². The molecule has 104 valence electrons. The van der Waals surface area contributed by atoms with E-state index in [4.69, 9.17) is 4.74 Å². The van der Waals surface area contributed by atoms with E-state index in [0.717, 1.165) is 16.8 Å². The van der Waals surface area contributed by atoms with Gasteiger partial charge in [-0.2, -0.15) is 0 Å². The molecule has 3 rings (SSSR count). The molecule has 0 fully saturated rings. The number of hydrogen-bond acceptors (Lipinski definition) is 3. The van der Waals surface area contributed by atoms with Crippen molar-refractivity contribution in [1.82, 2.24) is 9.78 Å². The van der Waals surface area contributed by atoms with Crippen LogP contribution in [-0.4, -0.2) is 15.7 Å². The number of ether oxygens (including phenoxy) is 1. The quantitative estimate of drug-likeness (QED) is 0.689. The molecule has 0 amide bonds. The molecule has 0 unspecified atom stereocenters. The third-order valence-corrected chi connectivity index (χ3v) is 3.03. The van der Waals surface area contributed by atoms with Gasteiger partial charge in [0.1, 0.15) is 0 Å². The van der Waals surface area contributed by atoms with Crippen LogP contribution in [0.25, 0.3) is 16.8 Å². The van der Waals surface area contributed by atoms with Gasteiger partial charge in [0.15, 0.2) is 0 Å². The minimum absolute atomic E-state index is 0.317. The summed E-state index contributed by atoms with van der Waals surface area (Å²) >= 11 is 0. The summed E-state index contributed by atoms with van der Waals surface area (Å²) in [6, 6.07) is 19.4. The van der Waals surface area contributed by atoms with Crippen LogP contribution in [0.1, 0.15) is 6.92 Å². The van der Waals surface area contributed by atoms with Gasteiger partial charge in [0, 0.05) is 13.1 Å². The summed E-state index contributed by atoms with van der Waals surface area (Å²) in [4.78, 5) is 11.3. The molecule has 0 spiro atoms. The van der Waals surface area contributed by atoms with Crippen LogP contribution < -0.4 is 4.74 Å². The van der Waals surface area contributed by atoms with Gasteiger partial charge in [-0.3, -0.25) is 4.79 Å². The fourth-order valence-corrected chi connectivity index (χ4v) is 2.10. The van der Waals surface area contributed by atoms with E-state index in [-0.39, 0.29) is 5.97 Å². The fourth-order valence-electron chi connectivity index (χ4n) is 2.10. The van der Waals surface area contributed by atoms with E-state index < -0.39 is 0 Å². The molecule has 0 N–H and O–H groups in total. The summed E-state index contributed by atoms with van der Waals surface area (Å²) in [5.41, 5.74) is 2.65. The Labute approximate surface area is 122 Å². The summed E-state index contributed by atoms with van der Waals surface area (Å²) in [6.07, 6.45) is 1.86. The van der Waals surface area contributed by atoms with Crippen molar-refractivity contribution in [3.05, 3.63) is 66.9 Å². The monoisotopic (exact) mass is 278 g/mol. The van der Waals surface area contributed by atoms with Crippen LogP contribution in [0.4, 0.5) is 0 Å². The van der Waals surface area contributed by atoms with Crippen molar-refractivity contribution in [1.29, 1.82) is 0 Å². The van der Waals surface area contributed by atoms with Gasteiger partial charge in [-0.1, -0.05) is 48.5 Å². The van der Waals surface area contributed by atoms with Crippen molar-refractivity contribution in [2.24, 2.45) is 0 Å². The second-order valence-electron chi connectivity index (χ2n) is 4.59. The Morgan fingerprint density at radius 3 is 2.24 bits per heavy atom. The zero-order chi connectivity index (χ0) is 14.7. The minimum Gasteiger partial charge on any atom is -0.405 e. The average Bonchev–Trinajstić information content (AvgIpc) is 2.92. The van der Waals surface area contributed by atoms with E-state index in [1.165, 1.54) is 6.92 Å². The Morgan fingerprint density at radius 1 is 1.00 bits per heavy atom. The number of esters is 1. The van der Waals surface area contributed by atoms with Gasteiger partial charge in [-0.15, -0.1) is 5.10 Å². The number of aromatic nitrogens is 2.